The lowest BCUT2D eigenvalue weighted by Gasteiger charge is -2.06. The summed E-state index contributed by atoms with van der Waals surface area (Å²) in [5.41, 5.74) is 6.21. The van der Waals surface area contributed by atoms with E-state index in [0.29, 0.717) is 10.8 Å². The van der Waals surface area contributed by atoms with Crippen LogP contribution in [0.1, 0.15) is 10.4 Å². The molecule has 0 bridgehead atoms. The Kier molecular flexibility index (Phi) is 4.11. The van der Waals surface area contributed by atoms with E-state index in [0.717, 1.165) is 3.79 Å². The quantitative estimate of drug-likeness (QED) is 0.788. The number of nitrogens with zero attached hydrogens (tertiary/aromatic N) is 1. The number of carbonyl (C=O) groups excluding carboxylic acids is 1. The van der Waals surface area contributed by atoms with Gasteiger partial charge in [0.05, 0.1) is 25.6 Å². The van der Waals surface area contributed by atoms with Crippen molar-refractivity contribution in [3.8, 4) is 0 Å². The highest BCUT2D eigenvalue weighted by molar-refractivity contribution is 9.11. The number of halogens is 3. The van der Waals surface area contributed by atoms with Crippen LogP contribution in [0.25, 0.3) is 0 Å². The molecule has 0 aliphatic rings. The van der Waals surface area contributed by atoms with Crippen molar-refractivity contribution in [2.24, 2.45) is 0 Å². The Morgan fingerprint density at radius 2 is 2.17 bits per heavy atom. The molecule has 1 aromatic heterocycles. The number of nitrogen functional groups attached to an aromatic ring is 1. The van der Waals surface area contributed by atoms with Gasteiger partial charge in [-0.3, -0.25) is 10.1 Å². The number of nitrogens with two attached hydrogens (primary N) is 1. The summed E-state index contributed by atoms with van der Waals surface area (Å²) >= 11 is 16.4. The summed E-state index contributed by atoms with van der Waals surface area (Å²) in [5.74, 6) is -0.406. The monoisotopic (exact) mass is 365 g/mol. The van der Waals surface area contributed by atoms with Crippen molar-refractivity contribution in [1.29, 1.82) is 0 Å². The average Bonchev–Trinajstić information content (AvgIpc) is 2.69. The van der Waals surface area contributed by atoms with Gasteiger partial charge >= 0.3 is 0 Å². The fourth-order valence-electron chi connectivity index (χ4n) is 1.25. The minimum absolute atomic E-state index is 0.166. The number of hydrogen-bond donors (Lipinski definition) is 2. The van der Waals surface area contributed by atoms with Crippen LogP contribution in [0.15, 0.2) is 22.1 Å². The third-order valence-electron chi connectivity index (χ3n) is 1.99. The second-order valence-corrected chi connectivity index (χ2v) is 6.48. The predicted octanol–water partition coefficient (Wildman–Crippen LogP) is 4.05. The number of aromatic nitrogens is 1. The molecular formula is C10H6BrCl2N3OS. The summed E-state index contributed by atoms with van der Waals surface area (Å²) in [6, 6.07) is 2.95. The van der Waals surface area contributed by atoms with Crippen molar-refractivity contribution in [1.82, 2.24) is 4.98 Å². The summed E-state index contributed by atoms with van der Waals surface area (Å²) in [4.78, 5) is 16.0. The van der Waals surface area contributed by atoms with Gasteiger partial charge in [-0.25, -0.2) is 4.98 Å². The van der Waals surface area contributed by atoms with E-state index in [4.69, 9.17) is 28.9 Å². The van der Waals surface area contributed by atoms with Crippen LogP contribution in [-0.4, -0.2) is 10.9 Å². The molecule has 0 aliphatic heterocycles. The lowest BCUT2D eigenvalue weighted by Crippen LogP contribution is -2.12. The van der Waals surface area contributed by atoms with E-state index in [-0.39, 0.29) is 15.6 Å². The van der Waals surface area contributed by atoms with Gasteiger partial charge in [-0.15, -0.1) is 0 Å². The zero-order valence-corrected chi connectivity index (χ0v) is 12.6. The first-order chi connectivity index (χ1) is 8.47. The van der Waals surface area contributed by atoms with Crippen LogP contribution in [0.4, 0.5) is 10.8 Å². The molecule has 0 saturated carbocycles. The van der Waals surface area contributed by atoms with E-state index in [1.807, 2.05) is 0 Å². The Balaban J connectivity index is 2.29. The van der Waals surface area contributed by atoms with Gasteiger partial charge in [0.2, 0.25) is 0 Å². The number of thiazole rings is 1. The number of nitrogens with one attached hydrogen (secondary N) is 1. The number of anilines is 2. The molecule has 0 aliphatic carbocycles. The third-order valence-corrected chi connectivity index (χ3v) is 4.19. The minimum atomic E-state index is -0.406. The minimum Gasteiger partial charge on any atom is -0.399 e. The molecule has 4 nitrogen and oxygen atoms in total. The van der Waals surface area contributed by atoms with Crippen LogP contribution < -0.4 is 11.1 Å². The summed E-state index contributed by atoms with van der Waals surface area (Å²) in [6.07, 6.45) is 1.59. The smallest absolute Gasteiger partial charge is 0.259 e. The molecule has 3 N–H and O–H groups in total. The summed E-state index contributed by atoms with van der Waals surface area (Å²) in [7, 11) is 0. The number of benzene rings is 1. The van der Waals surface area contributed by atoms with Crippen molar-refractivity contribution in [2.75, 3.05) is 11.1 Å². The predicted molar refractivity (Wildman–Crippen MR) is 78.6 cm³/mol. The van der Waals surface area contributed by atoms with Crippen LogP contribution in [0.5, 0.6) is 0 Å². The van der Waals surface area contributed by atoms with Crippen LogP contribution in [0.3, 0.4) is 0 Å². The summed E-state index contributed by atoms with van der Waals surface area (Å²) in [6.45, 7) is 0. The molecular weight excluding hydrogens is 361 g/mol. The number of rotatable bonds is 2. The zero-order chi connectivity index (χ0) is 13.3. The Morgan fingerprint density at radius 3 is 2.78 bits per heavy atom. The van der Waals surface area contributed by atoms with Gasteiger partial charge in [-0.1, -0.05) is 34.5 Å². The van der Waals surface area contributed by atoms with Gasteiger partial charge in [0.1, 0.15) is 0 Å². The second-order valence-electron chi connectivity index (χ2n) is 3.29. The fourth-order valence-corrected chi connectivity index (χ4v) is 2.78. The molecule has 2 aromatic rings. The Labute approximate surface area is 125 Å². The molecule has 0 spiro atoms. The maximum atomic E-state index is 12.0. The largest absolute Gasteiger partial charge is 0.399 e. The maximum Gasteiger partial charge on any atom is 0.259 e. The SMILES string of the molecule is Nc1cc(Cl)c(Cl)c(C(=O)Nc2ncc(Br)s2)c1. The first-order valence-electron chi connectivity index (χ1n) is 4.64. The van der Waals surface area contributed by atoms with Gasteiger partial charge < -0.3 is 5.73 Å². The standard InChI is InChI=1S/C10H6BrCl2N3OS/c11-7-3-15-10(18-7)16-9(17)5-1-4(14)2-6(12)8(5)13/h1-3H,14H2,(H,15,16,17). The normalized spacial score (nSPS) is 10.4. The van der Waals surface area contributed by atoms with Gasteiger partial charge in [-0.2, -0.15) is 0 Å². The van der Waals surface area contributed by atoms with E-state index in [1.165, 1.54) is 23.5 Å². The Hall–Kier alpha value is -0.820. The van der Waals surface area contributed by atoms with Crippen molar-refractivity contribution < 1.29 is 4.79 Å². The maximum absolute atomic E-state index is 12.0. The van der Waals surface area contributed by atoms with Crippen LogP contribution >= 0.6 is 50.5 Å². The molecule has 0 fully saturated rings. The topological polar surface area (TPSA) is 68.0 Å². The van der Waals surface area contributed by atoms with E-state index in [1.54, 1.807) is 6.20 Å². The van der Waals surface area contributed by atoms with Crippen LogP contribution in [0.2, 0.25) is 10.0 Å². The molecule has 1 amide bonds. The molecule has 1 heterocycles. The highest BCUT2D eigenvalue weighted by Gasteiger charge is 2.15. The van der Waals surface area contributed by atoms with E-state index >= 15 is 0 Å². The fraction of sp³-hybridized carbons (Fsp3) is 0. The third kappa shape index (κ3) is 2.95. The first-order valence-corrected chi connectivity index (χ1v) is 7.01. The molecule has 0 saturated heterocycles. The van der Waals surface area contributed by atoms with Gasteiger partial charge in [0, 0.05) is 5.69 Å². The summed E-state index contributed by atoms with van der Waals surface area (Å²) < 4.78 is 0.814. The average molecular weight is 367 g/mol. The van der Waals surface area contributed by atoms with Crippen molar-refractivity contribution in [3.63, 3.8) is 0 Å². The molecule has 0 radical (unpaired) electrons. The number of amides is 1. The molecule has 0 unspecified atom stereocenters. The van der Waals surface area contributed by atoms with Crippen LogP contribution in [0, 0.1) is 0 Å². The van der Waals surface area contributed by atoms with E-state index < -0.39 is 5.91 Å². The number of carbonyl (C=O) groups is 1. The first kappa shape index (κ1) is 13.6. The molecule has 18 heavy (non-hydrogen) atoms. The lowest BCUT2D eigenvalue weighted by atomic mass is 10.2. The Morgan fingerprint density at radius 1 is 1.44 bits per heavy atom. The summed E-state index contributed by atoms with van der Waals surface area (Å²) in [5, 5.41) is 3.48. The molecule has 8 heteroatoms. The van der Waals surface area contributed by atoms with Gasteiger partial charge in [-0.05, 0) is 28.1 Å². The zero-order valence-electron chi connectivity index (χ0n) is 8.71. The molecule has 2 rings (SSSR count). The second kappa shape index (κ2) is 5.44. The molecule has 94 valence electrons. The van der Waals surface area contributed by atoms with E-state index in [9.17, 15) is 4.79 Å². The Bertz CT molecular complexity index is 617. The lowest BCUT2D eigenvalue weighted by molar-refractivity contribution is 0.102. The van der Waals surface area contributed by atoms with Crippen molar-refractivity contribution in [3.05, 3.63) is 37.7 Å². The number of hydrogen-bond acceptors (Lipinski definition) is 4. The van der Waals surface area contributed by atoms with Crippen molar-refractivity contribution in [2.45, 2.75) is 0 Å². The van der Waals surface area contributed by atoms with Crippen molar-refractivity contribution >= 4 is 67.2 Å². The highest BCUT2D eigenvalue weighted by atomic mass is 79.9. The molecule has 0 atom stereocenters. The van der Waals surface area contributed by atoms with Gasteiger partial charge in [0.25, 0.3) is 5.91 Å². The van der Waals surface area contributed by atoms with Crippen LogP contribution in [-0.2, 0) is 0 Å². The van der Waals surface area contributed by atoms with E-state index in [2.05, 4.69) is 26.2 Å². The highest BCUT2D eigenvalue weighted by Crippen LogP contribution is 2.30. The van der Waals surface area contributed by atoms with Gasteiger partial charge in [0.15, 0.2) is 5.13 Å². The molecule has 1 aromatic carbocycles.